The minimum Gasteiger partial charge on any atom is -0.507 e. The van der Waals surface area contributed by atoms with Gasteiger partial charge in [-0.1, -0.05) is 188 Å². The Morgan fingerprint density at radius 3 is 1.72 bits per heavy atom. The van der Waals surface area contributed by atoms with Gasteiger partial charge in [0.15, 0.2) is 0 Å². The Bertz CT molecular complexity index is 3480. The Kier molecular flexibility index (Phi) is 10.8. The van der Waals surface area contributed by atoms with Crippen LogP contribution in [0.15, 0.2) is 133 Å². The first kappa shape index (κ1) is 40.6. The number of aromatic hydroxyl groups is 1. The molecule has 0 aliphatic rings. The van der Waals surface area contributed by atoms with Crippen molar-refractivity contribution in [2.24, 2.45) is 0 Å². The minimum atomic E-state index is -0.715. The van der Waals surface area contributed by atoms with Crippen LogP contribution in [0.4, 0.5) is 0 Å². The molecule has 0 aliphatic carbocycles. The molecule has 3 nitrogen and oxygen atoms in total. The molecule has 0 amide bonds. The molecular formula is C63H68N2OPt. The fourth-order valence-corrected chi connectivity index (χ4v) is 8.30. The number of imidazole rings is 1. The largest absolute Gasteiger partial charge is 2.00 e. The molecule has 8 rings (SSSR count). The molecule has 0 unspecified atom stereocenters. The van der Waals surface area contributed by atoms with Gasteiger partial charge in [0, 0.05) is 12.5 Å². The van der Waals surface area contributed by atoms with Crippen molar-refractivity contribution >= 4 is 11.0 Å². The van der Waals surface area contributed by atoms with Gasteiger partial charge in [-0.2, -0.15) is 35.8 Å². The van der Waals surface area contributed by atoms with Crippen LogP contribution in [0.2, 0.25) is 0 Å². The molecule has 1 N–H and O–H groups in total. The Labute approximate surface area is 425 Å². The van der Waals surface area contributed by atoms with Gasteiger partial charge < -0.3 is 5.11 Å². The quantitative estimate of drug-likeness (QED) is 0.169. The van der Waals surface area contributed by atoms with Crippen molar-refractivity contribution in [1.82, 2.24) is 9.55 Å². The van der Waals surface area contributed by atoms with Gasteiger partial charge in [-0.05, 0) is 81.9 Å². The summed E-state index contributed by atoms with van der Waals surface area (Å²) in [6.45, 7) is 31.2. The van der Waals surface area contributed by atoms with E-state index in [1.165, 1.54) is 5.56 Å². The standard InChI is InChI=1S/C63H68N2O.Pt/c1-59(2,3)46-29-27-40(28-30-46)42-23-19-24-43(33-42)44-34-45(36-48(35-44)61(7,8)9)50-25-20-26-55-56(50)64-58(52-38-49(62(10,11)12)39-53(57(52)66)63(13,14)15)65(55)54-32-31-47(60(4,5)6)37-51(54)41-21-17-16-18-22-41;/h16-23,25-33,35-39,66H,1-15H3;/q-2;+2/i19D,23D,27D,28D,29D,30D,33D;. The molecule has 0 saturated heterocycles. The molecule has 0 bridgehead atoms. The van der Waals surface area contributed by atoms with Crippen LogP contribution in [0.5, 0.6) is 5.75 Å². The number of aromatic nitrogens is 2. The van der Waals surface area contributed by atoms with Gasteiger partial charge in [-0.3, -0.25) is 4.57 Å². The second-order valence-electron chi connectivity index (χ2n) is 22.9. The summed E-state index contributed by atoms with van der Waals surface area (Å²) in [5.41, 5.74) is 8.64. The molecular weight excluding hydrogens is 996 g/mol. The third-order valence-electron chi connectivity index (χ3n) is 12.4. The van der Waals surface area contributed by atoms with E-state index in [9.17, 15) is 6.48 Å². The van der Waals surface area contributed by atoms with Crippen LogP contribution in [0.3, 0.4) is 0 Å². The molecule has 0 spiro atoms. The van der Waals surface area contributed by atoms with Crippen LogP contribution >= 0.6 is 0 Å². The number of hydrogen-bond acceptors (Lipinski definition) is 2. The summed E-state index contributed by atoms with van der Waals surface area (Å²) < 4.78 is 66.3. The molecule has 8 aromatic rings. The Morgan fingerprint density at radius 2 is 1.10 bits per heavy atom. The topological polar surface area (TPSA) is 38.1 Å². The molecule has 0 fully saturated rings. The van der Waals surface area contributed by atoms with Crippen LogP contribution in [0, 0.1) is 12.1 Å². The van der Waals surface area contributed by atoms with Gasteiger partial charge in [0.1, 0.15) is 11.6 Å². The number of phenolic OH excluding ortho intramolecular Hbond substituents is 1. The fraction of sp³-hybridized carbons (Fsp3) is 0.317. The van der Waals surface area contributed by atoms with Gasteiger partial charge in [0.25, 0.3) is 0 Å². The van der Waals surface area contributed by atoms with Crippen LogP contribution in [-0.2, 0) is 48.1 Å². The van der Waals surface area contributed by atoms with E-state index in [0.717, 1.165) is 44.6 Å². The molecule has 0 saturated carbocycles. The van der Waals surface area contributed by atoms with Crippen molar-refractivity contribution < 1.29 is 35.8 Å². The molecule has 1 aromatic heterocycles. The van der Waals surface area contributed by atoms with E-state index in [2.05, 4.69) is 154 Å². The Balaban J connectivity index is 0.00000800. The molecule has 0 radical (unpaired) electrons. The number of fused-ring (bicyclic) bond motifs is 1. The summed E-state index contributed by atoms with van der Waals surface area (Å²) in [5.74, 6) is 0.709. The van der Waals surface area contributed by atoms with Crippen molar-refractivity contribution in [2.45, 2.75) is 131 Å². The maximum atomic E-state index is 12.6. The summed E-state index contributed by atoms with van der Waals surface area (Å²) >= 11 is 0. The monoisotopic (exact) mass is 1070 g/mol. The SMILES string of the molecule is [2H]c1[c-]c(-c2[c-]c(-c3cccc4c3nc(-c3cc(C(C)(C)C)cc(C(C)(C)C)c3O)n4-c3ccc(C(C)(C)C)cc3-c3ccccc3)cc(C(C)(C)C)c2)c([2H])c(-c2c([2H])c([2H])c(C(C)(C)C)c([2H])c2[2H])c1[2H].[Pt+2]. The van der Waals surface area contributed by atoms with Crippen molar-refractivity contribution in [3.05, 3.63) is 173 Å². The first-order chi connectivity index (χ1) is 33.7. The average molecular weight is 1070 g/mol. The molecule has 67 heavy (non-hydrogen) atoms. The molecule has 1 heterocycles. The maximum Gasteiger partial charge on any atom is 2.00 e. The van der Waals surface area contributed by atoms with Crippen LogP contribution in [0.25, 0.3) is 72.6 Å². The van der Waals surface area contributed by atoms with E-state index in [4.69, 9.17) is 13.2 Å². The summed E-state index contributed by atoms with van der Waals surface area (Å²) in [6, 6.07) is 35.5. The normalized spacial score (nSPS) is 14.1. The molecule has 7 aromatic carbocycles. The molecule has 4 heteroatoms. The maximum absolute atomic E-state index is 12.6. The van der Waals surface area contributed by atoms with Crippen molar-refractivity contribution in [3.8, 4) is 67.3 Å². The Morgan fingerprint density at radius 1 is 0.507 bits per heavy atom. The summed E-state index contributed by atoms with van der Waals surface area (Å²) in [5, 5.41) is 12.6. The summed E-state index contributed by atoms with van der Waals surface area (Å²) in [4.78, 5) is 5.61. The van der Waals surface area contributed by atoms with Crippen molar-refractivity contribution in [1.29, 1.82) is 0 Å². The molecule has 346 valence electrons. The predicted molar refractivity (Wildman–Crippen MR) is 281 cm³/mol. The first-order valence-corrected chi connectivity index (χ1v) is 23.0. The summed E-state index contributed by atoms with van der Waals surface area (Å²) in [7, 11) is 0. The van der Waals surface area contributed by atoms with Gasteiger partial charge in [-0.25, -0.2) is 10.5 Å². The number of para-hydroxylation sites is 1. The predicted octanol–water partition coefficient (Wildman–Crippen LogP) is 17.2. The van der Waals surface area contributed by atoms with Gasteiger partial charge in [0.05, 0.1) is 27.8 Å². The number of nitrogens with zero attached hydrogens (tertiary/aromatic N) is 2. The number of benzene rings is 7. The van der Waals surface area contributed by atoms with E-state index in [1.807, 2.05) is 57.2 Å². The zero-order chi connectivity index (χ0) is 53.8. The summed E-state index contributed by atoms with van der Waals surface area (Å²) in [6.07, 6.45) is 0. The van der Waals surface area contributed by atoms with Crippen molar-refractivity contribution in [2.75, 3.05) is 0 Å². The average Bonchev–Trinajstić information content (AvgIpc) is 3.68. The second-order valence-corrected chi connectivity index (χ2v) is 22.9. The minimum absolute atomic E-state index is 0. The number of rotatable bonds is 6. The first-order valence-electron chi connectivity index (χ1n) is 26.5. The van der Waals surface area contributed by atoms with E-state index in [1.54, 1.807) is 0 Å². The smallest absolute Gasteiger partial charge is 0.507 e. The van der Waals surface area contributed by atoms with Gasteiger partial charge >= 0.3 is 21.1 Å². The fourth-order valence-electron chi connectivity index (χ4n) is 8.30. The van der Waals surface area contributed by atoms with Crippen LogP contribution < -0.4 is 0 Å². The second kappa shape index (κ2) is 17.9. The third kappa shape index (κ3) is 10.1. The number of phenols is 1. The molecule has 0 aliphatic heterocycles. The van der Waals surface area contributed by atoms with E-state index in [-0.39, 0.29) is 96.2 Å². The van der Waals surface area contributed by atoms with Gasteiger partial charge in [0.2, 0.25) is 0 Å². The number of hydrogen-bond donors (Lipinski definition) is 1. The zero-order valence-corrected chi connectivity index (χ0v) is 44.1. The third-order valence-corrected chi connectivity index (χ3v) is 12.4. The van der Waals surface area contributed by atoms with E-state index in [0.29, 0.717) is 28.0 Å². The van der Waals surface area contributed by atoms with Crippen molar-refractivity contribution in [3.63, 3.8) is 0 Å². The van der Waals surface area contributed by atoms with E-state index < -0.39 is 22.3 Å². The Hall–Kier alpha value is -5.50. The van der Waals surface area contributed by atoms with Crippen LogP contribution in [0.1, 0.15) is 141 Å². The molecule has 0 atom stereocenters. The van der Waals surface area contributed by atoms with Crippen LogP contribution in [-0.4, -0.2) is 14.7 Å². The zero-order valence-electron chi connectivity index (χ0n) is 48.8. The van der Waals surface area contributed by atoms with Gasteiger partial charge in [-0.15, -0.1) is 28.8 Å². The van der Waals surface area contributed by atoms with E-state index >= 15 is 0 Å².